The van der Waals surface area contributed by atoms with E-state index in [1.54, 1.807) is 0 Å². The van der Waals surface area contributed by atoms with Crippen LogP contribution in [0.3, 0.4) is 0 Å². The Morgan fingerprint density at radius 1 is 0.280 bits per heavy atom. The molecule has 0 saturated heterocycles. The molecule has 6 heteroatoms. The van der Waals surface area contributed by atoms with Crippen LogP contribution in [0.25, 0.3) is 0 Å². The van der Waals surface area contributed by atoms with Gasteiger partial charge in [0.2, 0.25) is 0 Å². The fraction of sp³-hybridized carbons (Fsp3) is 0.667. The maximum Gasteiger partial charge on any atom is 0.306 e. The number of allylic oxidation sites excluding steroid dienone is 20. The standard InChI is InChI=1S/C69H114O6/c1-4-7-10-13-16-19-22-25-28-31-34-37-40-43-46-49-52-55-58-61-67(70)73-64-66(75-69(72)63-60-57-54-51-48-45-42-39-36-33-30-27-24-21-18-15-12-9-6-3)65-74-68(71)62-59-56-53-50-47-44-41-38-35-32-29-26-23-20-17-14-11-8-5-2/h7,10,16,18-19,21,25,27-28,30,34,36-37,39,43,45-46,48,54,57,66H,4-6,8-9,11-15,17,20,22-24,26,29,31-33,35,38,40-42,44,47,49-53,55-56,58-65H2,1-3H3/b10-7-,19-16-,21-18-,28-25-,30-27-,37-34-,39-36-,46-43-,48-45-,57-54-/t66-/m1/s1. The molecule has 0 aliphatic rings. The molecule has 0 spiro atoms. The molecular weight excluding hydrogens is 925 g/mol. The highest BCUT2D eigenvalue weighted by Gasteiger charge is 2.19. The Kier molecular flexibility index (Phi) is 58.9. The minimum atomic E-state index is -0.835. The summed E-state index contributed by atoms with van der Waals surface area (Å²) >= 11 is 0. The van der Waals surface area contributed by atoms with Crippen molar-refractivity contribution >= 4 is 17.9 Å². The summed E-state index contributed by atoms with van der Waals surface area (Å²) in [6.07, 6.45) is 86.4. The first kappa shape index (κ1) is 70.8. The Bertz CT molecular complexity index is 1570. The monoisotopic (exact) mass is 1040 g/mol. The zero-order valence-electron chi connectivity index (χ0n) is 48.8. The molecule has 0 bridgehead atoms. The summed E-state index contributed by atoms with van der Waals surface area (Å²) in [5.74, 6) is -1.03. The van der Waals surface area contributed by atoms with Gasteiger partial charge >= 0.3 is 17.9 Å². The van der Waals surface area contributed by atoms with Gasteiger partial charge in [-0.3, -0.25) is 14.4 Å². The van der Waals surface area contributed by atoms with Crippen LogP contribution in [0, 0.1) is 0 Å². The number of carbonyl (C=O) groups is 3. The van der Waals surface area contributed by atoms with E-state index in [9.17, 15) is 14.4 Å². The number of carbonyl (C=O) groups excluding carboxylic acids is 3. The molecule has 0 amide bonds. The van der Waals surface area contributed by atoms with Crippen molar-refractivity contribution in [2.24, 2.45) is 0 Å². The van der Waals surface area contributed by atoms with Gasteiger partial charge in [-0.15, -0.1) is 0 Å². The van der Waals surface area contributed by atoms with Gasteiger partial charge in [0.1, 0.15) is 13.2 Å². The van der Waals surface area contributed by atoms with E-state index in [0.717, 1.165) is 103 Å². The Morgan fingerprint density at radius 3 is 0.893 bits per heavy atom. The highest BCUT2D eigenvalue weighted by Crippen LogP contribution is 2.16. The van der Waals surface area contributed by atoms with E-state index in [1.807, 2.05) is 6.08 Å². The number of unbranched alkanes of at least 4 members (excludes halogenated alkanes) is 24. The van der Waals surface area contributed by atoms with E-state index in [-0.39, 0.29) is 31.6 Å². The Hall–Kier alpha value is -4.19. The normalized spacial score (nSPS) is 12.9. The molecule has 0 aromatic carbocycles. The van der Waals surface area contributed by atoms with Crippen LogP contribution in [0.2, 0.25) is 0 Å². The molecule has 0 unspecified atom stereocenters. The van der Waals surface area contributed by atoms with Gasteiger partial charge in [-0.1, -0.05) is 277 Å². The van der Waals surface area contributed by atoms with E-state index in [0.29, 0.717) is 19.3 Å². The molecule has 1 atom stereocenters. The third-order valence-electron chi connectivity index (χ3n) is 13.0. The van der Waals surface area contributed by atoms with E-state index in [2.05, 4.69) is 136 Å². The molecule has 0 aliphatic heterocycles. The molecule has 426 valence electrons. The fourth-order valence-corrected chi connectivity index (χ4v) is 8.33. The highest BCUT2D eigenvalue weighted by molar-refractivity contribution is 5.71. The molecule has 0 aromatic rings. The topological polar surface area (TPSA) is 78.9 Å². The number of hydrogen-bond donors (Lipinski definition) is 0. The number of esters is 3. The number of ether oxygens (including phenoxy) is 3. The Balaban J connectivity index is 4.55. The number of hydrogen-bond acceptors (Lipinski definition) is 6. The van der Waals surface area contributed by atoms with Gasteiger partial charge in [-0.25, -0.2) is 0 Å². The minimum absolute atomic E-state index is 0.119. The predicted octanol–water partition coefficient (Wildman–Crippen LogP) is 21.2. The lowest BCUT2D eigenvalue weighted by Crippen LogP contribution is -2.30. The van der Waals surface area contributed by atoms with Crippen LogP contribution in [0.5, 0.6) is 0 Å². The first-order chi connectivity index (χ1) is 37.0. The molecule has 0 radical (unpaired) electrons. The zero-order chi connectivity index (χ0) is 54.3. The summed E-state index contributed by atoms with van der Waals surface area (Å²) < 4.78 is 16.8. The minimum Gasteiger partial charge on any atom is -0.462 e. The molecule has 0 N–H and O–H groups in total. The van der Waals surface area contributed by atoms with Gasteiger partial charge in [-0.2, -0.15) is 0 Å². The van der Waals surface area contributed by atoms with Gasteiger partial charge in [0.05, 0.1) is 0 Å². The SMILES string of the molecule is CC/C=C\C/C=C\C/C=C\C/C=C\C/C=C\CCCCCC(=O)OC[C@H](COC(=O)CCCCCCCCCCCCCCCCCCCCC)OC(=O)CC/C=C\C/C=C\C/C=C\C/C=C\C/C=C\CCCCC. The predicted molar refractivity (Wildman–Crippen MR) is 325 cm³/mol. The largest absolute Gasteiger partial charge is 0.462 e. The summed E-state index contributed by atoms with van der Waals surface area (Å²) in [5.41, 5.74) is 0. The zero-order valence-corrected chi connectivity index (χ0v) is 48.8. The average Bonchev–Trinajstić information content (AvgIpc) is 3.41. The summed E-state index contributed by atoms with van der Waals surface area (Å²) in [7, 11) is 0. The van der Waals surface area contributed by atoms with Crippen LogP contribution in [-0.4, -0.2) is 37.2 Å². The van der Waals surface area contributed by atoms with Crippen molar-refractivity contribution in [2.45, 2.75) is 284 Å². The lowest BCUT2D eigenvalue weighted by molar-refractivity contribution is -0.166. The van der Waals surface area contributed by atoms with Gasteiger partial charge in [0.25, 0.3) is 0 Å². The van der Waals surface area contributed by atoms with Gasteiger partial charge < -0.3 is 14.2 Å². The average molecular weight is 1040 g/mol. The van der Waals surface area contributed by atoms with Crippen LogP contribution in [-0.2, 0) is 28.6 Å². The fourth-order valence-electron chi connectivity index (χ4n) is 8.33. The Labute approximate surface area is 462 Å². The summed E-state index contributed by atoms with van der Waals surface area (Å²) in [5, 5.41) is 0. The van der Waals surface area contributed by atoms with E-state index in [4.69, 9.17) is 14.2 Å². The number of rotatable bonds is 55. The lowest BCUT2D eigenvalue weighted by Gasteiger charge is -2.18. The molecule has 0 aliphatic carbocycles. The van der Waals surface area contributed by atoms with Crippen molar-refractivity contribution in [3.05, 3.63) is 122 Å². The maximum absolute atomic E-state index is 12.9. The first-order valence-electron chi connectivity index (χ1n) is 31.0. The molecule has 0 aromatic heterocycles. The van der Waals surface area contributed by atoms with Gasteiger partial charge in [0, 0.05) is 19.3 Å². The second-order valence-corrected chi connectivity index (χ2v) is 20.2. The van der Waals surface area contributed by atoms with Crippen molar-refractivity contribution in [1.82, 2.24) is 0 Å². The van der Waals surface area contributed by atoms with E-state index >= 15 is 0 Å². The van der Waals surface area contributed by atoms with Crippen molar-refractivity contribution in [1.29, 1.82) is 0 Å². The van der Waals surface area contributed by atoms with Crippen molar-refractivity contribution in [2.75, 3.05) is 13.2 Å². The molecule has 0 fully saturated rings. The summed E-state index contributed by atoms with van der Waals surface area (Å²) in [6, 6.07) is 0. The third-order valence-corrected chi connectivity index (χ3v) is 13.0. The van der Waals surface area contributed by atoms with Crippen molar-refractivity contribution in [3.8, 4) is 0 Å². The van der Waals surface area contributed by atoms with Crippen LogP contribution in [0.1, 0.15) is 278 Å². The Morgan fingerprint density at radius 2 is 0.547 bits per heavy atom. The second-order valence-electron chi connectivity index (χ2n) is 20.2. The molecule has 6 nitrogen and oxygen atoms in total. The van der Waals surface area contributed by atoms with E-state index < -0.39 is 12.1 Å². The first-order valence-corrected chi connectivity index (χ1v) is 31.0. The molecule has 0 heterocycles. The highest BCUT2D eigenvalue weighted by atomic mass is 16.6. The molecule has 75 heavy (non-hydrogen) atoms. The van der Waals surface area contributed by atoms with Crippen LogP contribution in [0.15, 0.2) is 122 Å². The van der Waals surface area contributed by atoms with Crippen molar-refractivity contribution < 1.29 is 28.6 Å². The lowest BCUT2D eigenvalue weighted by atomic mass is 10.0. The maximum atomic E-state index is 12.9. The van der Waals surface area contributed by atoms with Gasteiger partial charge in [-0.05, 0) is 103 Å². The summed E-state index contributed by atoms with van der Waals surface area (Å²) in [4.78, 5) is 38.3. The van der Waals surface area contributed by atoms with Crippen molar-refractivity contribution in [3.63, 3.8) is 0 Å². The third kappa shape index (κ3) is 60.6. The van der Waals surface area contributed by atoms with Crippen LogP contribution < -0.4 is 0 Å². The summed E-state index contributed by atoms with van der Waals surface area (Å²) in [6.45, 7) is 6.43. The molecule has 0 rings (SSSR count). The van der Waals surface area contributed by atoms with Crippen LogP contribution in [0.4, 0.5) is 0 Å². The smallest absolute Gasteiger partial charge is 0.306 e. The van der Waals surface area contributed by atoms with E-state index in [1.165, 1.54) is 128 Å². The van der Waals surface area contributed by atoms with Crippen LogP contribution >= 0.6 is 0 Å². The molecule has 0 saturated carbocycles. The van der Waals surface area contributed by atoms with Gasteiger partial charge in [0.15, 0.2) is 6.10 Å². The second kappa shape index (κ2) is 62.4. The quantitative estimate of drug-likeness (QED) is 0.0261. The molecular formula is C69H114O6.